The fraction of sp³-hybridized carbons (Fsp3) is 0.909. The van der Waals surface area contributed by atoms with E-state index in [1.807, 2.05) is 0 Å². The molecular formula is C11H20N2O2. The Hall–Kier alpha value is -0.610. The van der Waals surface area contributed by atoms with Crippen LogP contribution in [-0.2, 0) is 9.53 Å². The maximum atomic E-state index is 11.4. The second kappa shape index (κ2) is 5.47. The highest BCUT2D eigenvalue weighted by Crippen LogP contribution is 2.28. The van der Waals surface area contributed by atoms with Crippen LogP contribution in [0.1, 0.15) is 19.3 Å². The van der Waals surface area contributed by atoms with Gasteiger partial charge in [0.15, 0.2) is 0 Å². The number of carbonyl (C=O) groups excluding carboxylic acids is 1. The molecule has 1 aliphatic heterocycles. The van der Waals surface area contributed by atoms with E-state index in [2.05, 4.69) is 10.6 Å². The predicted octanol–water partition coefficient (Wildman–Crippen LogP) is 0.139. The molecule has 2 N–H and O–H groups in total. The normalized spacial score (nSPS) is 21.1. The summed E-state index contributed by atoms with van der Waals surface area (Å²) < 4.78 is 5.43. The van der Waals surface area contributed by atoms with Gasteiger partial charge < -0.3 is 15.4 Å². The van der Waals surface area contributed by atoms with Gasteiger partial charge in [0.05, 0.1) is 6.61 Å². The van der Waals surface area contributed by atoms with Crippen molar-refractivity contribution >= 4 is 5.91 Å². The summed E-state index contributed by atoms with van der Waals surface area (Å²) in [5, 5.41) is 6.04. The Morgan fingerprint density at radius 1 is 1.33 bits per heavy atom. The molecule has 4 heteroatoms. The second-order valence-electron chi connectivity index (χ2n) is 4.60. The van der Waals surface area contributed by atoms with Crippen molar-refractivity contribution in [1.29, 1.82) is 0 Å². The van der Waals surface area contributed by atoms with Crippen LogP contribution in [-0.4, -0.2) is 38.8 Å². The highest BCUT2D eigenvalue weighted by Gasteiger charge is 2.21. The van der Waals surface area contributed by atoms with Gasteiger partial charge in [-0.2, -0.15) is 0 Å². The van der Waals surface area contributed by atoms with Crippen molar-refractivity contribution < 1.29 is 9.53 Å². The minimum Gasteiger partial charge on any atom is -0.379 e. The minimum atomic E-state index is 0.163. The van der Waals surface area contributed by atoms with Gasteiger partial charge in [-0.3, -0.25) is 4.79 Å². The molecule has 1 saturated heterocycles. The van der Waals surface area contributed by atoms with Gasteiger partial charge in [0.25, 0.3) is 0 Å². The van der Waals surface area contributed by atoms with E-state index in [-0.39, 0.29) is 5.91 Å². The van der Waals surface area contributed by atoms with Crippen molar-refractivity contribution in [3.05, 3.63) is 0 Å². The number of hydrogen-bond acceptors (Lipinski definition) is 3. The largest absolute Gasteiger partial charge is 0.379 e. The molecule has 4 nitrogen and oxygen atoms in total. The van der Waals surface area contributed by atoms with Crippen LogP contribution in [0, 0.1) is 11.8 Å². The summed E-state index contributed by atoms with van der Waals surface area (Å²) in [6.45, 7) is 4.18. The molecule has 2 fully saturated rings. The van der Waals surface area contributed by atoms with E-state index in [4.69, 9.17) is 4.74 Å². The van der Waals surface area contributed by atoms with Crippen LogP contribution in [0.3, 0.4) is 0 Å². The Kier molecular flexibility index (Phi) is 3.97. The lowest BCUT2D eigenvalue weighted by molar-refractivity contribution is -0.122. The van der Waals surface area contributed by atoms with Gasteiger partial charge in [0, 0.05) is 19.6 Å². The molecule has 0 bridgehead atoms. The lowest BCUT2D eigenvalue weighted by atomic mass is 9.99. The van der Waals surface area contributed by atoms with Crippen LogP contribution in [0.15, 0.2) is 0 Å². The number of amides is 1. The molecule has 1 saturated carbocycles. The van der Waals surface area contributed by atoms with Crippen LogP contribution in [0.5, 0.6) is 0 Å². The summed E-state index contributed by atoms with van der Waals surface area (Å²) in [4.78, 5) is 11.4. The third-order valence-electron chi connectivity index (χ3n) is 2.96. The average Bonchev–Trinajstić information content (AvgIpc) is 2.95. The van der Waals surface area contributed by atoms with Gasteiger partial charge in [0.1, 0.15) is 0 Å². The first-order valence-electron chi connectivity index (χ1n) is 5.90. The van der Waals surface area contributed by atoms with Gasteiger partial charge in [-0.25, -0.2) is 0 Å². The molecule has 0 spiro atoms. The molecule has 86 valence electrons. The highest BCUT2D eigenvalue weighted by molar-refractivity contribution is 5.76. The molecular weight excluding hydrogens is 192 g/mol. The molecule has 0 unspecified atom stereocenters. The van der Waals surface area contributed by atoms with Gasteiger partial charge in [-0.05, 0) is 37.8 Å². The molecule has 1 heterocycles. The maximum absolute atomic E-state index is 11.4. The quantitative estimate of drug-likeness (QED) is 0.590. The number of hydrogen-bond donors (Lipinski definition) is 2. The Bertz CT molecular complexity index is 213. The summed E-state index contributed by atoms with van der Waals surface area (Å²) >= 11 is 0. The molecule has 1 aliphatic carbocycles. The summed E-state index contributed by atoms with van der Waals surface area (Å²) in [5.74, 6) is 1.52. The SMILES string of the molecule is O=C(CC1CNC1)NCCOCC1CC1. The number of rotatable bonds is 7. The van der Waals surface area contributed by atoms with Crippen molar-refractivity contribution in [1.82, 2.24) is 10.6 Å². The number of nitrogens with one attached hydrogen (secondary N) is 2. The summed E-state index contributed by atoms with van der Waals surface area (Å²) in [5.41, 5.74) is 0. The van der Waals surface area contributed by atoms with E-state index in [1.54, 1.807) is 0 Å². The summed E-state index contributed by atoms with van der Waals surface area (Å²) in [6, 6.07) is 0. The molecule has 1 amide bonds. The van der Waals surface area contributed by atoms with Gasteiger partial charge in [-0.1, -0.05) is 0 Å². The standard InChI is InChI=1S/C11H20N2O2/c14-11(5-10-6-12-7-10)13-3-4-15-8-9-1-2-9/h9-10,12H,1-8H2,(H,13,14). The van der Waals surface area contributed by atoms with Crippen molar-refractivity contribution in [2.75, 3.05) is 32.8 Å². The van der Waals surface area contributed by atoms with Crippen molar-refractivity contribution in [3.8, 4) is 0 Å². The first-order chi connectivity index (χ1) is 7.34. The zero-order valence-corrected chi connectivity index (χ0v) is 9.13. The highest BCUT2D eigenvalue weighted by atomic mass is 16.5. The van der Waals surface area contributed by atoms with Crippen LogP contribution >= 0.6 is 0 Å². The molecule has 2 aliphatic rings. The van der Waals surface area contributed by atoms with Gasteiger partial charge in [0.2, 0.25) is 5.91 Å². The predicted molar refractivity (Wildman–Crippen MR) is 57.5 cm³/mol. The first kappa shape index (κ1) is 10.9. The fourth-order valence-electron chi connectivity index (χ4n) is 1.62. The van der Waals surface area contributed by atoms with Crippen LogP contribution < -0.4 is 10.6 Å². The van der Waals surface area contributed by atoms with Crippen molar-refractivity contribution in [3.63, 3.8) is 0 Å². The van der Waals surface area contributed by atoms with Crippen molar-refractivity contribution in [2.24, 2.45) is 11.8 Å². The monoisotopic (exact) mass is 212 g/mol. The lowest BCUT2D eigenvalue weighted by Crippen LogP contribution is -2.44. The summed E-state index contributed by atoms with van der Waals surface area (Å²) in [7, 11) is 0. The number of carbonyl (C=O) groups is 1. The third-order valence-corrected chi connectivity index (χ3v) is 2.96. The van der Waals surface area contributed by atoms with Crippen LogP contribution in [0.4, 0.5) is 0 Å². The van der Waals surface area contributed by atoms with E-state index in [9.17, 15) is 4.79 Å². The van der Waals surface area contributed by atoms with E-state index >= 15 is 0 Å². The van der Waals surface area contributed by atoms with E-state index in [1.165, 1.54) is 12.8 Å². The zero-order valence-electron chi connectivity index (χ0n) is 9.13. The van der Waals surface area contributed by atoms with Crippen LogP contribution in [0.25, 0.3) is 0 Å². The Labute approximate surface area is 90.8 Å². The molecule has 0 radical (unpaired) electrons. The second-order valence-corrected chi connectivity index (χ2v) is 4.60. The number of ether oxygens (including phenoxy) is 1. The molecule has 15 heavy (non-hydrogen) atoms. The molecule has 0 aromatic carbocycles. The lowest BCUT2D eigenvalue weighted by Gasteiger charge is -2.26. The fourth-order valence-corrected chi connectivity index (χ4v) is 1.62. The maximum Gasteiger partial charge on any atom is 0.220 e. The average molecular weight is 212 g/mol. The van der Waals surface area contributed by atoms with E-state index < -0.39 is 0 Å². The Morgan fingerprint density at radius 2 is 2.13 bits per heavy atom. The topological polar surface area (TPSA) is 50.4 Å². The molecule has 2 rings (SSSR count). The van der Waals surface area contributed by atoms with Crippen LogP contribution in [0.2, 0.25) is 0 Å². The summed E-state index contributed by atoms with van der Waals surface area (Å²) in [6.07, 6.45) is 3.30. The Balaban J connectivity index is 1.40. The minimum absolute atomic E-state index is 0.163. The molecule has 0 atom stereocenters. The van der Waals surface area contributed by atoms with Gasteiger partial charge >= 0.3 is 0 Å². The van der Waals surface area contributed by atoms with E-state index in [0.29, 0.717) is 25.5 Å². The zero-order chi connectivity index (χ0) is 10.5. The van der Waals surface area contributed by atoms with Crippen molar-refractivity contribution in [2.45, 2.75) is 19.3 Å². The van der Waals surface area contributed by atoms with E-state index in [0.717, 1.165) is 25.6 Å². The molecule has 0 aromatic rings. The molecule has 0 aromatic heterocycles. The smallest absolute Gasteiger partial charge is 0.220 e. The third kappa shape index (κ3) is 4.18. The first-order valence-corrected chi connectivity index (χ1v) is 5.90. The Morgan fingerprint density at radius 3 is 2.73 bits per heavy atom. The van der Waals surface area contributed by atoms with Gasteiger partial charge in [-0.15, -0.1) is 0 Å².